The molecule has 6 aromatic rings. The number of fused-ring (bicyclic) bond motifs is 5. The lowest BCUT2D eigenvalue weighted by molar-refractivity contribution is -0.138. The summed E-state index contributed by atoms with van der Waals surface area (Å²) in [5, 5.41) is 5.99. The molecular weight excluding hydrogens is 1030 g/mol. The number of alkyl carbamates (subject to hydrolysis) is 2. The Kier molecular flexibility index (Phi) is 17.1. The van der Waals surface area contributed by atoms with Crippen LogP contribution in [0, 0.1) is 25.6 Å². The fourth-order valence-corrected chi connectivity index (χ4v) is 11.7. The molecule has 74 heavy (non-hydrogen) atoms. The van der Waals surface area contributed by atoms with Gasteiger partial charge in [-0.3, -0.25) is 14.2 Å². The number of hydrogen-bond acceptors (Lipinski definition) is 11. The molecule has 3 saturated heterocycles. The monoisotopic (exact) mass is 1100 g/mol. The topological polar surface area (TPSA) is 198 Å². The smallest absolute Gasteiger partial charge is 0.407 e. The molecular formula is C51H63F2N9O8S4. The van der Waals surface area contributed by atoms with E-state index in [1.165, 1.54) is 27.0 Å². The number of thiophene rings is 1. The zero-order valence-electron chi connectivity index (χ0n) is 41.9. The van der Waals surface area contributed by atoms with Gasteiger partial charge in [-0.25, -0.2) is 28.3 Å². The van der Waals surface area contributed by atoms with Gasteiger partial charge in [0.15, 0.2) is 0 Å². The minimum Gasteiger partial charge on any atom is -0.464 e. The van der Waals surface area contributed by atoms with Gasteiger partial charge in [0, 0.05) is 47.7 Å². The summed E-state index contributed by atoms with van der Waals surface area (Å²) in [6.45, 7) is 8.47. The number of carbonyl (C=O) groups excluding carboxylic acids is 4. The molecule has 17 nitrogen and oxygen atoms in total. The number of hydrogen-bond donors (Lipinski definition) is 4. The van der Waals surface area contributed by atoms with Crippen LogP contribution in [-0.2, 0) is 23.8 Å². The first-order valence-corrected chi connectivity index (χ1v) is 24.8. The maximum absolute atomic E-state index is 17.0. The first-order chi connectivity index (χ1) is 34.1. The molecule has 0 bridgehead atoms. The Hall–Kier alpha value is -5.75. The number of aromatic nitrogens is 5. The van der Waals surface area contributed by atoms with Crippen LogP contribution in [0.1, 0.15) is 97.7 Å². The number of rotatable bonds is 11. The largest absolute Gasteiger partial charge is 0.464 e. The Bertz CT molecular complexity index is 3020. The van der Waals surface area contributed by atoms with E-state index < -0.39 is 53.9 Å². The Morgan fingerprint density at radius 3 is 2.01 bits per heavy atom. The van der Waals surface area contributed by atoms with Gasteiger partial charge in [-0.15, -0.1) is 11.3 Å². The number of ether oxygens (including phenoxy) is 4. The fourth-order valence-electron chi connectivity index (χ4n) is 10.6. The molecule has 4 amide bonds. The zero-order chi connectivity index (χ0) is 49.9. The number of aryl methyl sites for hydroxylation is 2. The van der Waals surface area contributed by atoms with Gasteiger partial charge in [0.05, 0.1) is 71.7 Å². The molecule has 0 aliphatic carbocycles. The number of carbonyl (C=O) groups is 4. The van der Waals surface area contributed by atoms with Crippen LogP contribution in [0.15, 0.2) is 54.9 Å². The Labute approximate surface area is 452 Å². The molecule has 2 unspecified atom stereocenters. The number of H-pyrrole nitrogens is 2. The van der Waals surface area contributed by atoms with Crippen molar-refractivity contribution in [1.82, 2.24) is 44.9 Å². The molecule has 4 aliphatic rings. The van der Waals surface area contributed by atoms with E-state index in [0.717, 1.165) is 45.3 Å². The predicted octanol–water partition coefficient (Wildman–Crippen LogP) is 9.13. The van der Waals surface area contributed by atoms with Gasteiger partial charge in [-0.2, -0.15) is 40.5 Å². The number of benzene rings is 2. The molecule has 3 fully saturated rings. The van der Waals surface area contributed by atoms with Crippen molar-refractivity contribution in [2.24, 2.45) is 5.92 Å². The molecule has 4 N–H and O–H groups in total. The normalized spacial score (nSPS) is 19.2. The second-order valence-corrected chi connectivity index (χ2v) is 20.6. The number of alkyl halides is 1. The third kappa shape index (κ3) is 10.6. The van der Waals surface area contributed by atoms with Gasteiger partial charge in [-0.05, 0) is 114 Å². The van der Waals surface area contributed by atoms with E-state index in [9.17, 15) is 19.2 Å². The van der Waals surface area contributed by atoms with E-state index >= 15 is 8.78 Å². The first-order valence-electron chi connectivity index (χ1n) is 24.0. The molecule has 2 aromatic carbocycles. The van der Waals surface area contributed by atoms with Gasteiger partial charge in [0.1, 0.15) is 41.0 Å². The molecule has 0 radical (unpaired) electrons. The van der Waals surface area contributed by atoms with E-state index in [2.05, 4.69) is 50.2 Å². The lowest BCUT2D eigenvalue weighted by Gasteiger charge is -2.34. The second kappa shape index (κ2) is 22.6. The van der Waals surface area contributed by atoms with Crippen molar-refractivity contribution in [1.29, 1.82) is 0 Å². The van der Waals surface area contributed by atoms with Crippen LogP contribution in [0.5, 0.6) is 5.75 Å². The fraction of sp³-hybridized carbons (Fsp3) is 0.451. The molecule has 10 rings (SSSR count). The van der Waals surface area contributed by atoms with E-state index in [-0.39, 0.29) is 58.4 Å². The highest BCUT2D eigenvalue weighted by Crippen LogP contribution is 2.49. The van der Waals surface area contributed by atoms with Crippen molar-refractivity contribution in [2.75, 3.05) is 40.5 Å². The van der Waals surface area contributed by atoms with Crippen molar-refractivity contribution < 1.29 is 46.9 Å². The molecule has 398 valence electrons. The van der Waals surface area contributed by atoms with Crippen molar-refractivity contribution in [3.63, 3.8) is 0 Å². The van der Waals surface area contributed by atoms with Crippen LogP contribution in [-0.4, -0.2) is 117 Å². The highest BCUT2D eigenvalue weighted by molar-refractivity contribution is 7.59. The van der Waals surface area contributed by atoms with Gasteiger partial charge in [-0.1, -0.05) is 6.07 Å². The highest BCUT2D eigenvalue weighted by atomic mass is 32.1. The number of halogens is 2. The van der Waals surface area contributed by atoms with E-state index in [1.807, 2.05) is 34.9 Å². The Morgan fingerprint density at radius 1 is 0.811 bits per heavy atom. The molecule has 8 heterocycles. The zero-order valence-corrected chi connectivity index (χ0v) is 45.7. The molecule has 0 saturated carbocycles. The average Bonchev–Trinajstić information content (AvgIpc) is 4.23. The number of nitrogens with zero attached hydrogens (tertiary/aromatic N) is 5. The lowest BCUT2D eigenvalue weighted by Crippen LogP contribution is -2.56. The third-order valence-corrected chi connectivity index (χ3v) is 15.6. The molecule has 4 aliphatic heterocycles. The molecule has 23 heteroatoms. The van der Waals surface area contributed by atoms with Gasteiger partial charge in [0.25, 0.3) is 0 Å². The van der Waals surface area contributed by atoms with Crippen molar-refractivity contribution in [2.45, 2.75) is 102 Å². The summed E-state index contributed by atoms with van der Waals surface area (Å²) in [6.07, 6.45) is 5.09. The number of methoxy groups -OCH3 is 2. The van der Waals surface area contributed by atoms with Crippen molar-refractivity contribution in [3.05, 3.63) is 87.6 Å². The summed E-state index contributed by atoms with van der Waals surface area (Å²) in [4.78, 5) is 74.1. The molecule has 4 aromatic heterocycles. The quantitative estimate of drug-likeness (QED) is 0.0971. The summed E-state index contributed by atoms with van der Waals surface area (Å²) in [7, 11) is 2.44. The Morgan fingerprint density at radius 2 is 1.42 bits per heavy atom. The minimum atomic E-state index is -2.06. The number of nitrogens with one attached hydrogen (secondary N) is 4. The average molecular weight is 1100 g/mol. The summed E-state index contributed by atoms with van der Waals surface area (Å²) >= 11 is 1.62. The van der Waals surface area contributed by atoms with Gasteiger partial charge >= 0.3 is 12.2 Å². The minimum absolute atomic E-state index is 0. The van der Waals surface area contributed by atoms with Gasteiger partial charge < -0.3 is 49.3 Å². The lowest BCUT2D eigenvalue weighted by atomic mass is 9.90. The number of aromatic amines is 2. The standard InChI is InChI=1S/C51H57F2N9O8S.3H2S/c1-26-19-40(71-27(26)2)48-62-35-12-11-29(33-24-54-45(56-33)37-10-8-16-61(37)47(64)43(51(3,4)53)59-50(66)68-6)20-31(35)22-38(62)41-32(52)21-30(23-39(41)70-48)34-25-55-44(57-34)36-9-7-15-60(36)46(63)42(58-49(65)67-5)28-13-17-69-18-14-28;;;/h11-12,19-25,28,36-37,42-43,48H,7-10,13-18H2,1-6H3,(H,54,56)(H,55,57)(H,58,65)(H,59,66);3*1H2/t36-,37-,42-,43?,48?;;;/m0.../s1. The summed E-state index contributed by atoms with van der Waals surface area (Å²) in [6, 6.07) is 10.2. The van der Waals surface area contributed by atoms with E-state index in [0.29, 0.717) is 104 Å². The maximum atomic E-state index is 17.0. The molecule has 0 spiro atoms. The van der Waals surface area contributed by atoms with Crippen molar-refractivity contribution >= 4 is 86.7 Å². The van der Waals surface area contributed by atoms with Crippen LogP contribution < -0.4 is 15.4 Å². The summed E-state index contributed by atoms with van der Waals surface area (Å²) < 4.78 is 56.3. The SMILES string of the molecule is COC(=O)NC(C(=O)N1CCC[C@H]1c1ncc(-c2ccc3c(c2)cc2n3C(c3cc(C)c(C)s3)Oc3cc(-c4cnc([C@@H]5CCCN5C(=O)[C@@H](NC(=O)OC)C5CCOCC5)[nH]4)cc(F)c3-2)[nH]1)C(C)(C)F.S.S.S. The van der Waals surface area contributed by atoms with Crippen LogP contribution >= 0.6 is 51.8 Å². The van der Waals surface area contributed by atoms with E-state index in [4.69, 9.17) is 19.2 Å². The number of likely N-dealkylation sites (tertiary alicyclic amines) is 2. The number of imidazole rings is 2. The Balaban J connectivity index is 0.00000267. The van der Waals surface area contributed by atoms with Crippen LogP contribution in [0.2, 0.25) is 0 Å². The van der Waals surface area contributed by atoms with Crippen LogP contribution in [0.4, 0.5) is 18.4 Å². The summed E-state index contributed by atoms with van der Waals surface area (Å²) in [5.41, 5.74) is 3.39. The first kappa shape index (κ1) is 56.0. The van der Waals surface area contributed by atoms with Crippen LogP contribution in [0.25, 0.3) is 44.7 Å². The maximum Gasteiger partial charge on any atom is 0.407 e. The second-order valence-electron chi connectivity index (χ2n) is 19.3. The molecule has 5 atom stereocenters. The predicted molar refractivity (Wildman–Crippen MR) is 291 cm³/mol. The highest BCUT2D eigenvalue weighted by Gasteiger charge is 2.44. The van der Waals surface area contributed by atoms with Crippen LogP contribution in [0.3, 0.4) is 0 Å². The van der Waals surface area contributed by atoms with Crippen molar-refractivity contribution in [3.8, 4) is 39.5 Å². The van der Waals surface area contributed by atoms with E-state index in [1.54, 1.807) is 33.5 Å². The third-order valence-electron chi connectivity index (χ3n) is 14.4. The summed E-state index contributed by atoms with van der Waals surface area (Å²) in [5.74, 6) is 0.0897. The number of amides is 4. The van der Waals surface area contributed by atoms with Gasteiger partial charge in [0.2, 0.25) is 18.0 Å².